The van der Waals surface area contributed by atoms with Gasteiger partial charge in [-0.2, -0.15) is 0 Å². The van der Waals surface area contributed by atoms with Gasteiger partial charge in [0, 0.05) is 24.3 Å². The number of sulfonamides is 1. The van der Waals surface area contributed by atoms with Gasteiger partial charge in [0.15, 0.2) is 0 Å². The molecule has 0 aliphatic carbocycles. The highest BCUT2D eigenvalue weighted by atomic mass is 35.5. The second-order valence-electron chi connectivity index (χ2n) is 8.95. The van der Waals surface area contributed by atoms with Gasteiger partial charge in [0.25, 0.3) is 15.9 Å². The maximum absolute atomic E-state index is 12.9. The molecule has 1 aliphatic heterocycles. The molecule has 184 valence electrons. The number of nitrogens with one attached hydrogen (secondary N) is 2. The van der Waals surface area contributed by atoms with Crippen LogP contribution in [0.3, 0.4) is 0 Å². The van der Waals surface area contributed by atoms with E-state index >= 15 is 0 Å². The Hall–Kier alpha value is -2.87. The van der Waals surface area contributed by atoms with Crippen LogP contribution in [0.2, 0.25) is 5.02 Å². The first-order valence-corrected chi connectivity index (χ1v) is 13.6. The monoisotopic (exact) mass is 511 g/mol. The molecule has 0 aromatic heterocycles. The van der Waals surface area contributed by atoms with Crippen LogP contribution >= 0.6 is 11.6 Å². The van der Waals surface area contributed by atoms with Gasteiger partial charge in [0.05, 0.1) is 5.02 Å². The first kappa shape index (κ1) is 25.2. The molecule has 0 atom stereocenters. The summed E-state index contributed by atoms with van der Waals surface area (Å²) >= 11 is 6.18. The van der Waals surface area contributed by atoms with Crippen molar-refractivity contribution in [2.45, 2.75) is 44.2 Å². The summed E-state index contributed by atoms with van der Waals surface area (Å²) in [5.41, 5.74) is 3.89. The van der Waals surface area contributed by atoms with Crippen LogP contribution in [0, 0.1) is 6.92 Å². The summed E-state index contributed by atoms with van der Waals surface area (Å²) in [5, 5.41) is 2.91. The maximum atomic E-state index is 12.9. The van der Waals surface area contributed by atoms with Crippen LogP contribution in [0.25, 0.3) is 0 Å². The lowest BCUT2D eigenvalue weighted by atomic mass is 10.1. The predicted octanol–water partition coefficient (Wildman–Crippen LogP) is 5.37. The fourth-order valence-electron chi connectivity index (χ4n) is 4.10. The number of rotatable bonds is 8. The van der Waals surface area contributed by atoms with Crippen molar-refractivity contribution in [3.8, 4) is 0 Å². The Morgan fingerprint density at radius 1 is 0.914 bits per heavy atom. The fraction of sp³-hybridized carbons (Fsp3) is 0.296. The first-order chi connectivity index (χ1) is 16.8. The Morgan fingerprint density at radius 3 is 2.26 bits per heavy atom. The molecule has 0 radical (unpaired) electrons. The number of anilines is 1. The number of hydrogen-bond acceptors (Lipinski definition) is 4. The SMILES string of the molecule is Cc1ccc(NS(=O)(=O)c2cc(C(=O)NCc3ccc(CN4CCCCC4)cc3)ccc2Cl)cc1. The van der Waals surface area contributed by atoms with Gasteiger partial charge in [-0.1, -0.05) is 60.0 Å². The standard InChI is InChI=1S/C27H30ClN3O3S/c1-20-5-12-24(13-6-20)30-35(33,34)26-17-23(11-14-25(26)28)27(32)29-18-21-7-9-22(10-8-21)19-31-15-3-2-4-16-31/h5-14,17,30H,2-4,15-16,18-19H2,1H3,(H,29,32). The van der Waals surface area contributed by atoms with E-state index in [1.807, 2.05) is 31.2 Å². The molecular weight excluding hydrogens is 482 g/mol. The number of nitrogens with zero attached hydrogens (tertiary/aromatic N) is 1. The summed E-state index contributed by atoms with van der Waals surface area (Å²) in [4.78, 5) is 15.1. The van der Waals surface area contributed by atoms with E-state index < -0.39 is 10.0 Å². The molecule has 1 heterocycles. The second-order valence-corrected chi connectivity index (χ2v) is 11.0. The molecule has 1 aliphatic rings. The Bertz CT molecular complexity index is 1270. The van der Waals surface area contributed by atoms with E-state index in [1.165, 1.54) is 43.0 Å². The molecule has 0 bridgehead atoms. The lowest BCUT2D eigenvalue weighted by molar-refractivity contribution is 0.0950. The zero-order valence-electron chi connectivity index (χ0n) is 19.8. The molecule has 4 rings (SSSR count). The summed E-state index contributed by atoms with van der Waals surface area (Å²) in [6.07, 6.45) is 3.85. The minimum atomic E-state index is -3.96. The lowest BCUT2D eigenvalue weighted by Gasteiger charge is -2.26. The third-order valence-electron chi connectivity index (χ3n) is 6.12. The van der Waals surface area contributed by atoms with Crippen molar-refractivity contribution in [1.29, 1.82) is 0 Å². The van der Waals surface area contributed by atoms with E-state index in [1.54, 1.807) is 12.1 Å². The molecule has 0 spiro atoms. The number of carbonyl (C=O) groups is 1. The van der Waals surface area contributed by atoms with Crippen molar-refractivity contribution < 1.29 is 13.2 Å². The molecule has 0 saturated carbocycles. The van der Waals surface area contributed by atoms with Gasteiger partial charge in [-0.15, -0.1) is 0 Å². The highest BCUT2D eigenvalue weighted by molar-refractivity contribution is 7.92. The number of hydrogen-bond donors (Lipinski definition) is 2. The summed E-state index contributed by atoms with van der Waals surface area (Å²) in [5.74, 6) is -0.370. The lowest BCUT2D eigenvalue weighted by Crippen LogP contribution is -2.29. The maximum Gasteiger partial charge on any atom is 0.263 e. The van der Waals surface area contributed by atoms with Crippen molar-refractivity contribution in [3.05, 3.63) is 94.0 Å². The van der Waals surface area contributed by atoms with Gasteiger partial charge in [-0.05, 0) is 74.3 Å². The zero-order valence-corrected chi connectivity index (χ0v) is 21.3. The number of halogens is 1. The number of benzene rings is 3. The predicted molar refractivity (Wildman–Crippen MR) is 140 cm³/mol. The second kappa shape index (κ2) is 11.2. The highest BCUT2D eigenvalue weighted by Gasteiger charge is 2.20. The molecule has 8 heteroatoms. The molecule has 1 saturated heterocycles. The van der Waals surface area contributed by atoms with Crippen molar-refractivity contribution in [1.82, 2.24) is 10.2 Å². The normalized spacial score (nSPS) is 14.5. The van der Waals surface area contributed by atoms with Crippen LogP contribution in [0.5, 0.6) is 0 Å². The summed E-state index contributed by atoms with van der Waals surface area (Å²) in [6, 6.07) is 19.4. The fourth-order valence-corrected chi connectivity index (χ4v) is 5.69. The van der Waals surface area contributed by atoms with Crippen LogP contribution in [-0.4, -0.2) is 32.3 Å². The molecule has 1 amide bonds. The van der Waals surface area contributed by atoms with E-state index in [0.29, 0.717) is 12.2 Å². The van der Waals surface area contributed by atoms with Crippen molar-refractivity contribution >= 4 is 33.2 Å². The quantitative estimate of drug-likeness (QED) is 0.426. The Labute approximate surface area is 212 Å². The largest absolute Gasteiger partial charge is 0.348 e. The molecule has 0 unspecified atom stereocenters. The molecule has 2 N–H and O–H groups in total. The molecule has 1 fully saturated rings. The van der Waals surface area contributed by atoms with E-state index in [-0.39, 0.29) is 21.4 Å². The van der Waals surface area contributed by atoms with Gasteiger partial charge >= 0.3 is 0 Å². The van der Waals surface area contributed by atoms with Gasteiger partial charge in [0.1, 0.15) is 4.90 Å². The third-order valence-corrected chi connectivity index (χ3v) is 7.98. The average Bonchev–Trinajstić information content (AvgIpc) is 2.85. The number of likely N-dealkylation sites (tertiary alicyclic amines) is 1. The number of aryl methyl sites for hydroxylation is 1. The van der Waals surface area contributed by atoms with Crippen LogP contribution in [0.4, 0.5) is 5.69 Å². The number of carbonyl (C=O) groups excluding carboxylic acids is 1. The number of piperidine rings is 1. The first-order valence-electron chi connectivity index (χ1n) is 11.8. The highest BCUT2D eigenvalue weighted by Crippen LogP contribution is 2.25. The summed E-state index contributed by atoms with van der Waals surface area (Å²) in [6.45, 7) is 5.51. The van der Waals surface area contributed by atoms with E-state index in [2.05, 4.69) is 27.1 Å². The van der Waals surface area contributed by atoms with Gasteiger partial charge < -0.3 is 5.32 Å². The average molecular weight is 512 g/mol. The molecule has 6 nitrogen and oxygen atoms in total. The Morgan fingerprint density at radius 2 is 1.57 bits per heavy atom. The van der Waals surface area contributed by atoms with Crippen LogP contribution in [0.1, 0.15) is 46.3 Å². The van der Waals surface area contributed by atoms with Gasteiger partial charge in [-0.3, -0.25) is 14.4 Å². The third kappa shape index (κ3) is 6.84. The zero-order chi connectivity index (χ0) is 24.8. The molecular formula is C27H30ClN3O3S. The summed E-state index contributed by atoms with van der Waals surface area (Å²) in [7, 11) is -3.96. The van der Waals surface area contributed by atoms with E-state index in [9.17, 15) is 13.2 Å². The van der Waals surface area contributed by atoms with E-state index in [4.69, 9.17) is 11.6 Å². The van der Waals surface area contributed by atoms with Crippen molar-refractivity contribution in [2.24, 2.45) is 0 Å². The smallest absolute Gasteiger partial charge is 0.263 e. The van der Waals surface area contributed by atoms with E-state index in [0.717, 1.165) is 30.8 Å². The summed E-state index contributed by atoms with van der Waals surface area (Å²) < 4.78 is 28.3. The Balaban J connectivity index is 1.39. The van der Waals surface area contributed by atoms with Gasteiger partial charge in [0.2, 0.25) is 0 Å². The molecule has 3 aromatic rings. The van der Waals surface area contributed by atoms with Crippen LogP contribution < -0.4 is 10.0 Å². The molecule has 3 aromatic carbocycles. The molecule has 35 heavy (non-hydrogen) atoms. The minimum absolute atomic E-state index is 0.0467. The topological polar surface area (TPSA) is 78.5 Å². The van der Waals surface area contributed by atoms with Crippen LogP contribution in [-0.2, 0) is 23.1 Å². The van der Waals surface area contributed by atoms with Crippen LogP contribution in [0.15, 0.2) is 71.6 Å². The number of amides is 1. The Kier molecular flexibility index (Phi) is 8.11. The van der Waals surface area contributed by atoms with Gasteiger partial charge in [-0.25, -0.2) is 8.42 Å². The van der Waals surface area contributed by atoms with Crippen molar-refractivity contribution in [3.63, 3.8) is 0 Å². The van der Waals surface area contributed by atoms with Crippen molar-refractivity contribution in [2.75, 3.05) is 17.8 Å². The minimum Gasteiger partial charge on any atom is -0.348 e.